The van der Waals surface area contributed by atoms with Crippen LogP contribution in [0.1, 0.15) is 39.5 Å². The molecule has 0 heterocycles. The van der Waals surface area contributed by atoms with Crippen molar-refractivity contribution in [3.05, 3.63) is 0 Å². The van der Waals surface area contributed by atoms with Crippen molar-refractivity contribution >= 4 is 22.2 Å². The minimum atomic E-state index is -3.52. The van der Waals surface area contributed by atoms with Crippen LogP contribution in [0.4, 0.5) is 4.79 Å². The third-order valence-electron chi connectivity index (χ3n) is 2.53. The molecule has 0 aliphatic carbocycles. The summed E-state index contributed by atoms with van der Waals surface area (Å²) >= 11 is 0. The van der Waals surface area contributed by atoms with Gasteiger partial charge in [-0.2, -0.15) is 8.42 Å². The number of ether oxygens (including phenoxy) is 2. The van der Waals surface area contributed by atoms with Crippen LogP contribution in [0.5, 0.6) is 0 Å². The monoisotopic (exact) mass is 339 g/mol. The molecule has 0 fully saturated rings. The van der Waals surface area contributed by atoms with Gasteiger partial charge in [0, 0.05) is 0 Å². The highest BCUT2D eigenvalue weighted by molar-refractivity contribution is 7.85. The third kappa shape index (κ3) is 11.3. The number of amides is 1. The SMILES string of the molecule is CCCCOC(=O)NC(CCCOS(C)(=O)=O)C(=O)OCC. The molecular weight excluding hydrogens is 314 g/mol. The van der Waals surface area contributed by atoms with E-state index >= 15 is 0 Å². The highest BCUT2D eigenvalue weighted by Gasteiger charge is 2.22. The molecule has 0 aromatic heterocycles. The van der Waals surface area contributed by atoms with E-state index < -0.39 is 28.2 Å². The van der Waals surface area contributed by atoms with Crippen LogP contribution in [-0.2, 0) is 28.6 Å². The van der Waals surface area contributed by atoms with Crippen molar-refractivity contribution in [2.75, 3.05) is 26.1 Å². The highest BCUT2D eigenvalue weighted by atomic mass is 32.2. The van der Waals surface area contributed by atoms with Crippen molar-refractivity contribution in [1.82, 2.24) is 5.32 Å². The lowest BCUT2D eigenvalue weighted by atomic mass is 10.1. The van der Waals surface area contributed by atoms with Crippen molar-refractivity contribution in [3.8, 4) is 0 Å². The van der Waals surface area contributed by atoms with Gasteiger partial charge < -0.3 is 14.8 Å². The molecule has 0 aliphatic rings. The Kier molecular flexibility index (Phi) is 10.6. The summed E-state index contributed by atoms with van der Waals surface area (Å²) < 4.78 is 36.0. The highest BCUT2D eigenvalue weighted by Crippen LogP contribution is 2.03. The van der Waals surface area contributed by atoms with E-state index in [4.69, 9.17) is 9.47 Å². The first kappa shape index (κ1) is 20.6. The average molecular weight is 339 g/mol. The van der Waals surface area contributed by atoms with E-state index in [1.54, 1.807) is 6.92 Å². The molecule has 0 aromatic rings. The number of hydrogen-bond donors (Lipinski definition) is 1. The van der Waals surface area contributed by atoms with Crippen molar-refractivity contribution in [2.24, 2.45) is 0 Å². The van der Waals surface area contributed by atoms with Crippen molar-refractivity contribution in [2.45, 2.75) is 45.6 Å². The van der Waals surface area contributed by atoms with Gasteiger partial charge in [0.2, 0.25) is 0 Å². The minimum Gasteiger partial charge on any atom is -0.464 e. The standard InChI is InChI=1S/C13H25NO7S/c1-4-6-9-20-13(16)14-11(12(15)19-5-2)8-7-10-21-22(3,17)18/h11H,4-10H2,1-3H3,(H,14,16). The minimum absolute atomic E-state index is 0.0682. The number of hydrogen-bond acceptors (Lipinski definition) is 7. The first-order valence-electron chi connectivity index (χ1n) is 7.24. The summed E-state index contributed by atoms with van der Waals surface area (Å²) in [6.07, 6.45) is 2.33. The largest absolute Gasteiger partial charge is 0.464 e. The van der Waals surface area contributed by atoms with Gasteiger partial charge >= 0.3 is 12.1 Å². The Morgan fingerprint density at radius 1 is 1.09 bits per heavy atom. The molecule has 9 heteroatoms. The first-order valence-corrected chi connectivity index (χ1v) is 9.06. The predicted molar refractivity (Wildman–Crippen MR) is 79.8 cm³/mol. The van der Waals surface area contributed by atoms with Gasteiger partial charge in [0.15, 0.2) is 0 Å². The summed E-state index contributed by atoms with van der Waals surface area (Å²) in [5.41, 5.74) is 0. The van der Waals surface area contributed by atoms with Crippen LogP contribution in [0.3, 0.4) is 0 Å². The fraction of sp³-hybridized carbons (Fsp3) is 0.846. The second-order valence-electron chi connectivity index (χ2n) is 4.61. The number of unbranched alkanes of at least 4 members (excludes halogenated alkanes) is 1. The summed E-state index contributed by atoms with van der Waals surface area (Å²) in [4.78, 5) is 23.3. The van der Waals surface area contributed by atoms with Gasteiger partial charge in [0.25, 0.3) is 10.1 Å². The second-order valence-corrected chi connectivity index (χ2v) is 6.25. The Morgan fingerprint density at radius 2 is 1.77 bits per heavy atom. The van der Waals surface area contributed by atoms with E-state index in [1.807, 2.05) is 6.92 Å². The summed E-state index contributed by atoms with van der Waals surface area (Å²) in [6.45, 7) is 4.00. The molecule has 130 valence electrons. The van der Waals surface area contributed by atoms with Crippen LogP contribution in [0.15, 0.2) is 0 Å². The Bertz CT molecular complexity index is 436. The van der Waals surface area contributed by atoms with Gasteiger partial charge in [-0.3, -0.25) is 4.18 Å². The first-order chi connectivity index (χ1) is 10.3. The molecule has 0 rings (SSSR count). The third-order valence-corrected chi connectivity index (χ3v) is 3.12. The number of nitrogens with one attached hydrogen (secondary N) is 1. The topological polar surface area (TPSA) is 108 Å². The van der Waals surface area contributed by atoms with Gasteiger partial charge in [-0.15, -0.1) is 0 Å². The normalized spacial score (nSPS) is 12.5. The summed E-state index contributed by atoms with van der Waals surface area (Å²) in [5, 5.41) is 2.42. The molecule has 1 atom stereocenters. The van der Waals surface area contributed by atoms with E-state index in [-0.39, 0.29) is 32.7 Å². The quantitative estimate of drug-likeness (QED) is 0.342. The van der Waals surface area contributed by atoms with Crippen molar-refractivity contribution in [3.63, 3.8) is 0 Å². The van der Waals surface area contributed by atoms with Crippen molar-refractivity contribution < 1.29 is 31.7 Å². The van der Waals surface area contributed by atoms with Gasteiger partial charge in [-0.1, -0.05) is 13.3 Å². The summed E-state index contributed by atoms with van der Waals surface area (Å²) in [5.74, 6) is -0.589. The maximum Gasteiger partial charge on any atom is 0.407 e. The molecule has 0 saturated carbocycles. The lowest BCUT2D eigenvalue weighted by Gasteiger charge is -2.17. The Labute approximate surface area is 131 Å². The van der Waals surface area contributed by atoms with Crippen molar-refractivity contribution in [1.29, 1.82) is 0 Å². The van der Waals surface area contributed by atoms with Crippen LogP contribution in [0.2, 0.25) is 0 Å². The average Bonchev–Trinajstić information content (AvgIpc) is 2.41. The van der Waals surface area contributed by atoms with Gasteiger partial charge in [-0.25, -0.2) is 9.59 Å². The molecule has 0 radical (unpaired) electrons. The van der Waals surface area contributed by atoms with E-state index in [2.05, 4.69) is 9.50 Å². The number of esters is 1. The molecule has 22 heavy (non-hydrogen) atoms. The lowest BCUT2D eigenvalue weighted by molar-refractivity contribution is -0.145. The van der Waals surface area contributed by atoms with E-state index in [0.717, 1.165) is 19.1 Å². The van der Waals surface area contributed by atoms with Gasteiger partial charge in [0.1, 0.15) is 6.04 Å². The fourth-order valence-electron chi connectivity index (χ4n) is 1.48. The Morgan fingerprint density at radius 3 is 2.32 bits per heavy atom. The Balaban J connectivity index is 4.31. The summed E-state index contributed by atoms with van der Waals surface area (Å²) in [7, 11) is -3.52. The van der Waals surface area contributed by atoms with Gasteiger partial charge in [0.05, 0.1) is 26.1 Å². The second kappa shape index (κ2) is 11.2. The number of carbonyl (C=O) groups is 2. The van der Waals surface area contributed by atoms with Crippen LogP contribution in [-0.4, -0.2) is 52.6 Å². The molecule has 0 aliphatic heterocycles. The molecule has 0 spiro atoms. The zero-order valence-electron chi connectivity index (χ0n) is 13.3. The van der Waals surface area contributed by atoms with Crippen LogP contribution >= 0.6 is 0 Å². The molecule has 8 nitrogen and oxygen atoms in total. The molecule has 1 amide bonds. The van der Waals surface area contributed by atoms with Crippen LogP contribution in [0.25, 0.3) is 0 Å². The fourth-order valence-corrected chi connectivity index (χ4v) is 1.90. The van der Waals surface area contributed by atoms with Crippen LogP contribution in [0, 0.1) is 0 Å². The van der Waals surface area contributed by atoms with Crippen LogP contribution < -0.4 is 5.32 Å². The summed E-state index contributed by atoms with van der Waals surface area (Å²) in [6, 6.07) is -0.891. The van der Waals surface area contributed by atoms with Gasteiger partial charge in [-0.05, 0) is 26.2 Å². The Hall–Kier alpha value is -1.35. The number of alkyl carbamates (subject to hydrolysis) is 1. The number of rotatable bonds is 11. The molecule has 0 saturated heterocycles. The molecular formula is C13H25NO7S. The molecule has 1 N–H and O–H groups in total. The maximum atomic E-state index is 11.7. The lowest BCUT2D eigenvalue weighted by Crippen LogP contribution is -2.42. The van der Waals surface area contributed by atoms with E-state index in [9.17, 15) is 18.0 Å². The molecule has 0 aromatic carbocycles. The molecule has 0 bridgehead atoms. The molecule has 1 unspecified atom stereocenters. The van der Waals surface area contributed by atoms with E-state index in [0.29, 0.717) is 0 Å². The van der Waals surface area contributed by atoms with E-state index in [1.165, 1.54) is 0 Å². The predicted octanol–water partition coefficient (Wildman–Crippen LogP) is 1.20. The zero-order chi connectivity index (χ0) is 17.0. The smallest absolute Gasteiger partial charge is 0.407 e. The number of carbonyl (C=O) groups excluding carboxylic acids is 2. The maximum absolute atomic E-state index is 11.7. The zero-order valence-corrected chi connectivity index (χ0v) is 14.1.